The van der Waals surface area contributed by atoms with Crippen molar-refractivity contribution >= 4 is 22.5 Å². The maximum atomic E-state index is 12.2. The first-order valence-electron chi connectivity index (χ1n) is 6.11. The van der Waals surface area contributed by atoms with Gasteiger partial charge in [0.25, 0.3) is 0 Å². The van der Waals surface area contributed by atoms with E-state index >= 15 is 0 Å². The van der Waals surface area contributed by atoms with E-state index in [0.717, 1.165) is 15.6 Å². The van der Waals surface area contributed by atoms with E-state index in [1.165, 1.54) is 15.6 Å². The maximum Gasteiger partial charge on any atom is 0.352 e. The topological polar surface area (TPSA) is 72.5 Å². The molecule has 0 fully saturated rings. The molecule has 0 saturated heterocycles. The van der Waals surface area contributed by atoms with Gasteiger partial charge in [-0.1, -0.05) is 12.1 Å². The van der Waals surface area contributed by atoms with E-state index in [-0.39, 0.29) is 18.1 Å². The standard InChI is InChI=1S/C13H13N5O2/c1-16(2)11(19)7-18-13(20)17-8-14-10-6-4-3-5-9(10)12(17)15-18/h3-6,8H,7H2,1-2H3. The monoisotopic (exact) mass is 271 g/mol. The summed E-state index contributed by atoms with van der Waals surface area (Å²) in [5, 5.41) is 5.02. The molecule has 2 heterocycles. The summed E-state index contributed by atoms with van der Waals surface area (Å²) in [5.74, 6) is -0.187. The molecule has 0 saturated carbocycles. The predicted molar refractivity (Wildman–Crippen MR) is 73.4 cm³/mol. The first kappa shape index (κ1) is 12.3. The van der Waals surface area contributed by atoms with Crippen LogP contribution in [-0.2, 0) is 11.3 Å². The number of amides is 1. The average molecular weight is 271 g/mol. The number of carbonyl (C=O) groups is 1. The van der Waals surface area contributed by atoms with Gasteiger partial charge >= 0.3 is 5.69 Å². The molecule has 0 aliphatic carbocycles. The molecule has 20 heavy (non-hydrogen) atoms. The van der Waals surface area contributed by atoms with Crippen LogP contribution in [0.4, 0.5) is 0 Å². The molecule has 0 aliphatic rings. The zero-order valence-corrected chi connectivity index (χ0v) is 11.1. The van der Waals surface area contributed by atoms with Crippen LogP contribution in [0.3, 0.4) is 0 Å². The Balaban J connectivity index is 2.21. The average Bonchev–Trinajstić information content (AvgIpc) is 2.76. The SMILES string of the molecule is CN(C)C(=O)Cn1nc2c3ccccc3ncn2c1=O. The molecule has 2 aromatic heterocycles. The van der Waals surface area contributed by atoms with E-state index in [1.807, 2.05) is 24.3 Å². The van der Waals surface area contributed by atoms with Gasteiger partial charge < -0.3 is 4.90 Å². The number of carbonyl (C=O) groups excluding carboxylic acids is 1. The third-order valence-corrected chi connectivity index (χ3v) is 3.11. The minimum atomic E-state index is -0.367. The van der Waals surface area contributed by atoms with Crippen molar-refractivity contribution in [2.24, 2.45) is 0 Å². The number of hydrogen-bond acceptors (Lipinski definition) is 4. The van der Waals surface area contributed by atoms with Crippen molar-refractivity contribution in [2.45, 2.75) is 6.54 Å². The molecule has 0 aliphatic heterocycles. The highest BCUT2D eigenvalue weighted by Gasteiger charge is 2.13. The van der Waals surface area contributed by atoms with Crippen molar-refractivity contribution in [3.05, 3.63) is 41.1 Å². The number of hydrogen-bond donors (Lipinski definition) is 0. The summed E-state index contributed by atoms with van der Waals surface area (Å²) in [4.78, 5) is 29.5. The van der Waals surface area contributed by atoms with Gasteiger partial charge in [0.15, 0.2) is 5.65 Å². The van der Waals surface area contributed by atoms with Crippen LogP contribution in [-0.4, -0.2) is 44.1 Å². The smallest absolute Gasteiger partial charge is 0.347 e. The molecule has 1 amide bonds. The van der Waals surface area contributed by atoms with E-state index in [1.54, 1.807) is 14.1 Å². The molecule has 3 aromatic rings. The summed E-state index contributed by atoms with van der Waals surface area (Å²) in [6.07, 6.45) is 1.43. The zero-order chi connectivity index (χ0) is 14.3. The highest BCUT2D eigenvalue weighted by atomic mass is 16.2. The highest BCUT2D eigenvalue weighted by Crippen LogP contribution is 2.14. The van der Waals surface area contributed by atoms with Gasteiger partial charge in [-0.2, -0.15) is 0 Å². The molecule has 7 heteroatoms. The number of rotatable bonds is 2. The van der Waals surface area contributed by atoms with Crippen molar-refractivity contribution in [3.63, 3.8) is 0 Å². The van der Waals surface area contributed by atoms with E-state index < -0.39 is 0 Å². The molecule has 0 spiro atoms. The quantitative estimate of drug-likeness (QED) is 0.664. The number of aromatic nitrogens is 4. The van der Waals surface area contributed by atoms with Gasteiger partial charge in [-0.15, -0.1) is 5.10 Å². The Morgan fingerprint density at radius 3 is 2.80 bits per heavy atom. The number of fused-ring (bicyclic) bond motifs is 3. The minimum Gasteiger partial charge on any atom is -0.347 e. The number of nitrogens with zero attached hydrogens (tertiary/aromatic N) is 5. The van der Waals surface area contributed by atoms with Crippen molar-refractivity contribution in [2.75, 3.05) is 14.1 Å². The molecular formula is C13H13N5O2. The Morgan fingerprint density at radius 2 is 2.05 bits per heavy atom. The Labute approximate surface area is 114 Å². The third-order valence-electron chi connectivity index (χ3n) is 3.11. The van der Waals surface area contributed by atoms with Crippen molar-refractivity contribution in [3.8, 4) is 0 Å². The van der Waals surface area contributed by atoms with Gasteiger partial charge in [-0.3, -0.25) is 4.79 Å². The van der Waals surface area contributed by atoms with E-state index in [4.69, 9.17) is 0 Å². The van der Waals surface area contributed by atoms with Crippen molar-refractivity contribution in [1.82, 2.24) is 24.1 Å². The van der Waals surface area contributed by atoms with Gasteiger partial charge in [-0.25, -0.2) is 18.9 Å². The fraction of sp³-hybridized carbons (Fsp3) is 0.231. The van der Waals surface area contributed by atoms with Crippen LogP contribution in [0.25, 0.3) is 16.6 Å². The van der Waals surface area contributed by atoms with Gasteiger partial charge in [0, 0.05) is 19.5 Å². The maximum absolute atomic E-state index is 12.2. The minimum absolute atomic E-state index is 0.0815. The van der Waals surface area contributed by atoms with Gasteiger partial charge in [0.05, 0.1) is 5.52 Å². The van der Waals surface area contributed by atoms with Crippen LogP contribution >= 0.6 is 0 Å². The lowest BCUT2D eigenvalue weighted by molar-refractivity contribution is -0.129. The molecule has 3 rings (SSSR count). The predicted octanol–water partition coefficient (Wildman–Crippen LogP) is 0.132. The second-order valence-electron chi connectivity index (χ2n) is 4.68. The molecular weight excluding hydrogens is 258 g/mol. The fourth-order valence-corrected chi connectivity index (χ4v) is 1.98. The van der Waals surface area contributed by atoms with Crippen LogP contribution in [0, 0.1) is 0 Å². The third kappa shape index (κ3) is 1.83. The van der Waals surface area contributed by atoms with Crippen LogP contribution < -0.4 is 5.69 Å². The summed E-state index contributed by atoms with van der Waals surface area (Å²) in [6.45, 7) is -0.0815. The molecule has 0 N–H and O–H groups in total. The number of para-hydroxylation sites is 1. The normalized spacial score (nSPS) is 11.1. The van der Waals surface area contributed by atoms with Crippen LogP contribution in [0.2, 0.25) is 0 Å². The van der Waals surface area contributed by atoms with Gasteiger partial charge in [0.1, 0.15) is 12.9 Å². The molecule has 0 radical (unpaired) electrons. The largest absolute Gasteiger partial charge is 0.352 e. The van der Waals surface area contributed by atoms with Gasteiger partial charge in [0.2, 0.25) is 5.91 Å². The Hall–Kier alpha value is -2.70. The summed E-state index contributed by atoms with van der Waals surface area (Å²) in [7, 11) is 3.28. The summed E-state index contributed by atoms with van der Waals surface area (Å²) >= 11 is 0. The number of likely N-dealkylation sites (N-methyl/N-ethyl adjacent to an activating group) is 1. The highest BCUT2D eigenvalue weighted by molar-refractivity contribution is 5.90. The summed E-state index contributed by atoms with van der Waals surface area (Å²) in [5.41, 5.74) is 0.900. The molecule has 102 valence electrons. The summed E-state index contributed by atoms with van der Waals surface area (Å²) in [6, 6.07) is 7.43. The Morgan fingerprint density at radius 1 is 1.30 bits per heavy atom. The zero-order valence-electron chi connectivity index (χ0n) is 11.1. The summed E-state index contributed by atoms with van der Waals surface area (Å²) < 4.78 is 2.51. The lowest BCUT2D eigenvalue weighted by atomic mass is 10.2. The molecule has 7 nitrogen and oxygen atoms in total. The van der Waals surface area contributed by atoms with Gasteiger partial charge in [-0.05, 0) is 12.1 Å². The van der Waals surface area contributed by atoms with Crippen molar-refractivity contribution < 1.29 is 4.79 Å². The first-order chi connectivity index (χ1) is 9.58. The van der Waals surface area contributed by atoms with E-state index in [9.17, 15) is 9.59 Å². The lowest BCUT2D eigenvalue weighted by Gasteiger charge is -2.08. The molecule has 0 unspecified atom stereocenters. The molecule has 0 atom stereocenters. The second kappa shape index (κ2) is 4.44. The lowest BCUT2D eigenvalue weighted by Crippen LogP contribution is -2.31. The van der Waals surface area contributed by atoms with E-state index in [2.05, 4.69) is 10.1 Å². The fourth-order valence-electron chi connectivity index (χ4n) is 1.98. The van der Waals surface area contributed by atoms with Crippen molar-refractivity contribution in [1.29, 1.82) is 0 Å². The van der Waals surface area contributed by atoms with E-state index in [0.29, 0.717) is 5.65 Å². The number of benzene rings is 1. The van der Waals surface area contributed by atoms with Crippen LogP contribution in [0.5, 0.6) is 0 Å². The first-order valence-corrected chi connectivity index (χ1v) is 6.11. The Kier molecular flexibility index (Phi) is 2.74. The van der Waals surface area contributed by atoms with Crippen LogP contribution in [0.1, 0.15) is 0 Å². The molecule has 1 aromatic carbocycles. The molecule has 0 bridgehead atoms. The Bertz CT molecular complexity index is 862. The van der Waals surface area contributed by atoms with Crippen LogP contribution in [0.15, 0.2) is 35.4 Å². The second-order valence-corrected chi connectivity index (χ2v) is 4.68.